The number of aromatic nitrogens is 1. The van der Waals surface area contributed by atoms with E-state index in [1.54, 1.807) is 6.20 Å². The van der Waals surface area contributed by atoms with Crippen molar-refractivity contribution in [2.45, 2.75) is 43.4 Å². The molecule has 0 saturated heterocycles. The molecule has 1 heterocycles. The number of carbonyl (C=O) groups excluding carboxylic acids is 3. The summed E-state index contributed by atoms with van der Waals surface area (Å²) in [7, 11) is 0. The fraction of sp³-hybridized carbons (Fsp3) is 0.296. The number of para-hydroxylation sites is 1. The normalized spacial score (nSPS) is 13.9. The molecule has 0 bridgehead atoms. The summed E-state index contributed by atoms with van der Waals surface area (Å²) >= 11 is 4.15. The molecule has 0 aliphatic carbocycles. The van der Waals surface area contributed by atoms with E-state index < -0.39 is 60.2 Å². The lowest BCUT2D eigenvalue weighted by molar-refractivity contribution is -0.147. The number of phenols is 1. The monoisotopic (exact) mass is 585 g/mol. The van der Waals surface area contributed by atoms with E-state index in [1.165, 1.54) is 24.3 Å². The minimum atomic E-state index is -1.75. The zero-order valence-electron chi connectivity index (χ0n) is 21.7. The van der Waals surface area contributed by atoms with Gasteiger partial charge in [-0.1, -0.05) is 30.3 Å². The average molecular weight is 586 g/mol. The van der Waals surface area contributed by atoms with Crippen molar-refractivity contribution in [3.05, 3.63) is 65.9 Å². The van der Waals surface area contributed by atoms with Crippen LogP contribution in [-0.4, -0.2) is 79.9 Å². The van der Waals surface area contributed by atoms with Gasteiger partial charge in [-0.15, -0.1) is 0 Å². The molecule has 14 heteroatoms. The standard InChI is InChI=1S/C27H31N5O8S/c28-18(10-15-12-29-19-4-2-1-3-17(15)19)24(36)32-22(13-41)26(38)30-20(9-14-5-7-16(33)8-6-14)25(37)31-21(27(39)40)11-23(34)35/h1-8,12,18,20-22,29,33,41H,9-11,13,28H2,(H,30,38)(H,31,37)(H,32,36)(H,34,35)(H,39,40). The van der Waals surface area contributed by atoms with Gasteiger partial charge in [0.2, 0.25) is 17.7 Å². The van der Waals surface area contributed by atoms with Crippen molar-refractivity contribution >= 4 is 53.2 Å². The van der Waals surface area contributed by atoms with Crippen molar-refractivity contribution in [1.82, 2.24) is 20.9 Å². The fourth-order valence-electron chi connectivity index (χ4n) is 4.10. The first-order valence-electron chi connectivity index (χ1n) is 12.5. The molecule has 3 aromatic rings. The van der Waals surface area contributed by atoms with Crippen LogP contribution in [0.2, 0.25) is 0 Å². The number of amides is 3. The van der Waals surface area contributed by atoms with E-state index in [9.17, 15) is 34.2 Å². The van der Waals surface area contributed by atoms with E-state index in [0.717, 1.165) is 16.5 Å². The number of benzene rings is 2. The van der Waals surface area contributed by atoms with Crippen LogP contribution in [0, 0.1) is 0 Å². The van der Waals surface area contributed by atoms with Crippen molar-refractivity contribution in [3.8, 4) is 5.75 Å². The first kappa shape index (κ1) is 31.0. The summed E-state index contributed by atoms with van der Waals surface area (Å²) in [4.78, 5) is 64.6. The van der Waals surface area contributed by atoms with E-state index in [2.05, 4.69) is 33.6 Å². The van der Waals surface area contributed by atoms with Gasteiger partial charge < -0.3 is 42.0 Å². The molecule has 0 saturated carbocycles. The molecule has 0 spiro atoms. The number of phenolic OH excluding ortho intramolecular Hbond substituents is 1. The summed E-state index contributed by atoms with van der Waals surface area (Å²) in [6, 6.07) is 7.90. The van der Waals surface area contributed by atoms with E-state index in [4.69, 9.17) is 10.8 Å². The van der Waals surface area contributed by atoms with Gasteiger partial charge in [0.15, 0.2) is 0 Å². The molecule has 3 rings (SSSR count). The molecule has 218 valence electrons. The molecule has 0 radical (unpaired) electrons. The van der Waals surface area contributed by atoms with E-state index in [1.807, 2.05) is 24.3 Å². The number of fused-ring (bicyclic) bond motifs is 1. The van der Waals surface area contributed by atoms with Gasteiger partial charge in [-0.3, -0.25) is 19.2 Å². The van der Waals surface area contributed by atoms with Crippen molar-refractivity contribution in [2.75, 3.05) is 5.75 Å². The molecule has 0 aliphatic heterocycles. The fourth-order valence-corrected chi connectivity index (χ4v) is 4.36. The Bertz CT molecular complexity index is 1410. The molecule has 4 unspecified atom stereocenters. The number of thiol groups is 1. The van der Waals surface area contributed by atoms with Gasteiger partial charge in [-0.2, -0.15) is 12.6 Å². The molecule has 0 aliphatic rings. The van der Waals surface area contributed by atoms with Crippen molar-refractivity contribution < 1.29 is 39.3 Å². The van der Waals surface area contributed by atoms with Crippen LogP contribution in [-0.2, 0) is 36.8 Å². The number of nitrogens with two attached hydrogens (primary N) is 1. The highest BCUT2D eigenvalue weighted by molar-refractivity contribution is 7.80. The van der Waals surface area contributed by atoms with Crippen LogP contribution < -0.4 is 21.7 Å². The number of carbonyl (C=O) groups is 5. The van der Waals surface area contributed by atoms with Crippen LogP contribution in [0.5, 0.6) is 5.75 Å². The van der Waals surface area contributed by atoms with Gasteiger partial charge in [0.1, 0.15) is 23.9 Å². The van der Waals surface area contributed by atoms with Gasteiger partial charge in [0.05, 0.1) is 12.5 Å². The number of carboxylic acid groups (broad SMARTS) is 2. The lowest BCUT2D eigenvalue weighted by atomic mass is 10.0. The second-order valence-electron chi connectivity index (χ2n) is 9.34. The quantitative estimate of drug-likeness (QED) is 0.115. The zero-order valence-corrected chi connectivity index (χ0v) is 22.6. The maximum atomic E-state index is 13.1. The topological polar surface area (TPSA) is 224 Å². The Kier molecular flexibility index (Phi) is 10.7. The van der Waals surface area contributed by atoms with Crippen LogP contribution in [0.25, 0.3) is 10.9 Å². The number of aromatic amines is 1. The third-order valence-electron chi connectivity index (χ3n) is 6.27. The van der Waals surface area contributed by atoms with Crippen LogP contribution in [0.4, 0.5) is 0 Å². The van der Waals surface area contributed by atoms with Crippen molar-refractivity contribution in [1.29, 1.82) is 0 Å². The Hall–Kier alpha value is -4.56. The molecular formula is C27H31N5O8S. The predicted molar refractivity (Wildman–Crippen MR) is 151 cm³/mol. The lowest BCUT2D eigenvalue weighted by Gasteiger charge is -2.24. The molecule has 0 fully saturated rings. The van der Waals surface area contributed by atoms with Crippen LogP contribution in [0.1, 0.15) is 17.5 Å². The molecule has 2 aromatic carbocycles. The van der Waals surface area contributed by atoms with Crippen LogP contribution in [0.15, 0.2) is 54.7 Å². The summed E-state index contributed by atoms with van der Waals surface area (Å²) in [5.41, 5.74) is 8.32. The Morgan fingerprint density at radius 3 is 2.07 bits per heavy atom. The first-order valence-corrected chi connectivity index (χ1v) is 13.2. The highest BCUT2D eigenvalue weighted by atomic mass is 32.1. The number of carboxylic acids is 2. The highest BCUT2D eigenvalue weighted by Crippen LogP contribution is 2.19. The number of hydrogen-bond donors (Lipinski definition) is 9. The summed E-state index contributed by atoms with van der Waals surface area (Å²) in [6.07, 6.45) is 0.917. The number of nitrogens with one attached hydrogen (secondary N) is 4. The summed E-state index contributed by atoms with van der Waals surface area (Å²) in [5, 5.41) is 35.9. The maximum Gasteiger partial charge on any atom is 0.326 e. The Morgan fingerprint density at radius 1 is 0.829 bits per heavy atom. The Morgan fingerprint density at radius 2 is 1.44 bits per heavy atom. The summed E-state index contributed by atoms with van der Waals surface area (Å²) in [5.74, 6) is -5.58. The van der Waals surface area contributed by atoms with E-state index in [-0.39, 0.29) is 24.3 Å². The minimum Gasteiger partial charge on any atom is -0.508 e. The summed E-state index contributed by atoms with van der Waals surface area (Å²) < 4.78 is 0. The largest absolute Gasteiger partial charge is 0.508 e. The van der Waals surface area contributed by atoms with Gasteiger partial charge >= 0.3 is 11.9 Å². The molecular weight excluding hydrogens is 554 g/mol. The van der Waals surface area contributed by atoms with Crippen LogP contribution in [0.3, 0.4) is 0 Å². The predicted octanol–water partition coefficient (Wildman–Crippen LogP) is -0.0705. The maximum absolute atomic E-state index is 13.1. The van der Waals surface area contributed by atoms with Crippen molar-refractivity contribution in [3.63, 3.8) is 0 Å². The van der Waals surface area contributed by atoms with E-state index >= 15 is 0 Å². The highest BCUT2D eigenvalue weighted by Gasteiger charge is 2.31. The molecule has 13 nitrogen and oxygen atoms in total. The second kappa shape index (κ2) is 14.2. The Balaban J connectivity index is 1.71. The second-order valence-corrected chi connectivity index (χ2v) is 9.71. The average Bonchev–Trinajstić information content (AvgIpc) is 3.34. The molecule has 1 aromatic heterocycles. The molecule has 4 atom stereocenters. The van der Waals surface area contributed by atoms with Crippen LogP contribution >= 0.6 is 12.6 Å². The molecule has 3 amide bonds. The SMILES string of the molecule is NC(Cc1c[nH]c2ccccc12)C(=O)NC(CS)C(=O)NC(Cc1ccc(O)cc1)C(=O)NC(CC(=O)O)C(=O)O. The number of hydrogen-bond acceptors (Lipinski definition) is 8. The van der Waals surface area contributed by atoms with E-state index in [0.29, 0.717) is 5.56 Å². The van der Waals surface area contributed by atoms with Gasteiger partial charge in [0, 0.05) is 29.3 Å². The third kappa shape index (κ3) is 8.71. The summed E-state index contributed by atoms with van der Waals surface area (Å²) in [6.45, 7) is 0. The minimum absolute atomic E-state index is 0.0342. The first-order chi connectivity index (χ1) is 19.5. The number of aromatic hydroxyl groups is 1. The number of H-pyrrole nitrogens is 1. The lowest BCUT2D eigenvalue weighted by Crippen LogP contribution is -2.58. The molecule has 41 heavy (non-hydrogen) atoms. The van der Waals surface area contributed by atoms with Gasteiger partial charge in [0.25, 0.3) is 0 Å². The van der Waals surface area contributed by atoms with Gasteiger partial charge in [-0.25, -0.2) is 4.79 Å². The van der Waals surface area contributed by atoms with Gasteiger partial charge in [-0.05, 0) is 35.7 Å². The third-order valence-corrected chi connectivity index (χ3v) is 6.63. The molecule has 9 N–H and O–H groups in total. The smallest absolute Gasteiger partial charge is 0.326 e. The Labute approximate surface area is 239 Å². The zero-order chi connectivity index (χ0) is 30.1. The number of aliphatic carboxylic acids is 2. The van der Waals surface area contributed by atoms with Crippen molar-refractivity contribution in [2.24, 2.45) is 5.73 Å². The number of rotatable bonds is 14.